The fourth-order valence-electron chi connectivity index (χ4n) is 3.91. The van der Waals surface area contributed by atoms with Crippen molar-refractivity contribution in [2.75, 3.05) is 39.3 Å². The Bertz CT molecular complexity index is 1020. The fourth-order valence-corrected chi connectivity index (χ4v) is 3.91. The van der Waals surface area contributed by atoms with Crippen molar-refractivity contribution in [3.63, 3.8) is 0 Å². The van der Waals surface area contributed by atoms with Gasteiger partial charge in [0.1, 0.15) is 5.75 Å². The maximum absolute atomic E-state index is 12.4. The van der Waals surface area contributed by atoms with Gasteiger partial charge in [-0.3, -0.25) is 9.59 Å². The number of anilines is 1. The summed E-state index contributed by atoms with van der Waals surface area (Å²) in [5.74, 6) is 0.199. The first-order valence-corrected chi connectivity index (χ1v) is 11.7. The van der Waals surface area contributed by atoms with Crippen LogP contribution in [0.2, 0.25) is 0 Å². The average Bonchev–Trinajstić information content (AvgIpc) is 2.90. The fraction of sp³-hybridized carbons (Fsp3) is 0.423. The van der Waals surface area contributed by atoms with E-state index in [1.54, 1.807) is 24.3 Å². The summed E-state index contributed by atoms with van der Waals surface area (Å²) < 4.78 is 21.2. The van der Waals surface area contributed by atoms with Crippen LogP contribution >= 0.6 is 0 Å². The summed E-state index contributed by atoms with van der Waals surface area (Å²) >= 11 is 0. The van der Waals surface area contributed by atoms with Crippen molar-refractivity contribution in [3.05, 3.63) is 48.0 Å². The van der Waals surface area contributed by atoms with Crippen molar-refractivity contribution in [3.8, 4) is 17.2 Å². The molecule has 2 aromatic rings. The number of nitrogens with one attached hydrogen (secondary N) is 2. The molecule has 1 aliphatic rings. The Labute approximate surface area is 205 Å². The number of carbonyl (C=O) groups excluding carboxylic acids is 3. The molecule has 9 heteroatoms. The number of ether oxygens (including phenoxy) is 4. The van der Waals surface area contributed by atoms with E-state index in [9.17, 15) is 14.4 Å². The third-order valence-electron chi connectivity index (χ3n) is 5.79. The number of rotatable bonds is 11. The van der Waals surface area contributed by atoms with Crippen molar-refractivity contribution in [1.29, 1.82) is 0 Å². The van der Waals surface area contributed by atoms with Crippen molar-refractivity contribution >= 4 is 23.5 Å². The number of methoxy groups -OCH3 is 2. The zero-order valence-corrected chi connectivity index (χ0v) is 20.1. The van der Waals surface area contributed by atoms with Gasteiger partial charge in [0.2, 0.25) is 0 Å². The summed E-state index contributed by atoms with van der Waals surface area (Å²) in [4.78, 5) is 36.7. The van der Waals surface area contributed by atoms with E-state index >= 15 is 0 Å². The molecule has 9 nitrogen and oxygen atoms in total. The van der Waals surface area contributed by atoms with Gasteiger partial charge in [0.05, 0.1) is 25.5 Å². The minimum Gasteiger partial charge on any atom is -0.495 e. The predicted molar refractivity (Wildman–Crippen MR) is 130 cm³/mol. The molecule has 3 rings (SSSR count). The van der Waals surface area contributed by atoms with Crippen molar-refractivity contribution in [1.82, 2.24) is 5.32 Å². The minimum absolute atomic E-state index is 0.202. The topological polar surface area (TPSA) is 112 Å². The van der Waals surface area contributed by atoms with Crippen LogP contribution in [0.25, 0.3) is 0 Å². The van der Waals surface area contributed by atoms with Gasteiger partial charge in [0.15, 0.2) is 24.7 Å². The van der Waals surface area contributed by atoms with E-state index in [1.165, 1.54) is 51.7 Å². The molecule has 0 aliphatic heterocycles. The lowest BCUT2D eigenvalue weighted by atomic mass is 9.89. The van der Waals surface area contributed by atoms with Gasteiger partial charge in [-0.1, -0.05) is 31.4 Å². The maximum atomic E-state index is 12.4. The minimum atomic E-state index is -0.656. The third-order valence-corrected chi connectivity index (χ3v) is 5.79. The Morgan fingerprint density at radius 2 is 1.60 bits per heavy atom. The predicted octanol–water partition coefficient (Wildman–Crippen LogP) is 3.57. The zero-order valence-electron chi connectivity index (χ0n) is 20.1. The van der Waals surface area contributed by atoms with E-state index < -0.39 is 5.97 Å². The largest absolute Gasteiger partial charge is 0.495 e. The molecule has 1 aliphatic carbocycles. The number of hydrogen-bond acceptors (Lipinski definition) is 7. The van der Waals surface area contributed by atoms with Crippen LogP contribution in [0, 0.1) is 5.92 Å². The van der Waals surface area contributed by atoms with Gasteiger partial charge in [-0.15, -0.1) is 0 Å². The second kappa shape index (κ2) is 13.2. The number of benzene rings is 2. The van der Waals surface area contributed by atoms with Gasteiger partial charge in [-0.2, -0.15) is 0 Å². The van der Waals surface area contributed by atoms with Crippen molar-refractivity contribution < 1.29 is 33.3 Å². The molecular formula is C26H32N2O7. The SMILES string of the molecule is COc1ccccc1NC(=O)COc1ccc(C(=O)OCC(=O)NCC2CCCCC2)cc1OC. The Kier molecular flexibility index (Phi) is 9.77. The quantitative estimate of drug-likeness (QED) is 0.469. The normalized spacial score (nSPS) is 13.4. The molecule has 1 saturated carbocycles. The molecule has 0 unspecified atom stereocenters. The molecule has 0 aromatic heterocycles. The lowest BCUT2D eigenvalue weighted by Crippen LogP contribution is -2.33. The number of hydrogen-bond donors (Lipinski definition) is 2. The van der Waals surface area contributed by atoms with Crippen LogP contribution in [0.15, 0.2) is 42.5 Å². The Balaban J connectivity index is 1.48. The van der Waals surface area contributed by atoms with Crippen LogP contribution < -0.4 is 24.8 Å². The summed E-state index contributed by atoms with van der Waals surface area (Å²) in [6.45, 7) is -0.0184. The van der Waals surface area contributed by atoms with Gasteiger partial charge >= 0.3 is 5.97 Å². The lowest BCUT2D eigenvalue weighted by molar-refractivity contribution is -0.124. The molecule has 0 saturated heterocycles. The van der Waals surface area contributed by atoms with Crippen molar-refractivity contribution in [2.24, 2.45) is 5.92 Å². The van der Waals surface area contributed by atoms with E-state index in [2.05, 4.69) is 10.6 Å². The molecule has 0 bridgehead atoms. The van der Waals surface area contributed by atoms with E-state index in [-0.39, 0.29) is 42.1 Å². The van der Waals surface area contributed by atoms with Crippen LogP contribution in [0.5, 0.6) is 17.2 Å². The maximum Gasteiger partial charge on any atom is 0.338 e. The molecule has 1 fully saturated rings. The monoisotopic (exact) mass is 484 g/mol. The van der Waals surface area contributed by atoms with Crippen LogP contribution in [-0.4, -0.2) is 51.8 Å². The van der Waals surface area contributed by atoms with Crippen LogP contribution in [0.4, 0.5) is 5.69 Å². The standard InChI is InChI=1S/C26H32N2O7/c1-32-21-11-7-6-10-20(21)28-25(30)17-34-22-13-12-19(14-23(22)33-2)26(31)35-16-24(29)27-15-18-8-4-3-5-9-18/h6-7,10-14,18H,3-5,8-9,15-17H2,1-2H3,(H,27,29)(H,28,30). The number of esters is 1. The van der Waals surface area contributed by atoms with Gasteiger partial charge in [-0.25, -0.2) is 4.79 Å². The molecule has 0 heterocycles. The highest BCUT2D eigenvalue weighted by molar-refractivity contribution is 5.94. The van der Waals surface area contributed by atoms with Gasteiger partial charge in [-0.05, 0) is 49.1 Å². The van der Waals surface area contributed by atoms with E-state index in [0.29, 0.717) is 23.9 Å². The average molecular weight is 485 g/mol. The molecule has 2 N–H and O–H groups in total. The zero-order chi connectivity index (χ0) is 25.0. The number of carbonyl (C=O) groups is 3. The highest BCUT2D eigenvalue weighted by Gasteiger charge is 2.17. The summed E-state index contributed by atoms with van der Waals surface area (Å²) in [5, 5.41) is 5.55. The first-order chi connectivity index (χ1) is 17.0. The Morgan fingerprint density at radius 3 is 2.34 bits per heavy atom. The van der Waals surface area contributed by atoms with Crippen molar-refractivity contribution in [2.45, 2.75) is 32.1 Å². The van der Waals surface area contributed by atoms with Crippen LogP contribution in [0.1, 0.15) is 42.5 Å². The number of para-hydroxylation sites is 2. The molecule has 35 heavy (non-hydrogen) atoms. The molecule has 2 aromatic carbocycles. The molecule has 188 valence electrons. The lowest BCUT2D eigenvalue weighted by Gasteiger charge is -2.21. The summed E-state index contributed by atoms with van der Waals surface area (Å²) in [6.07, 6.45) is 5.89. The first-order valence-electron chi connectivity index (χ1n) is 11.7. The van der Waals surface area contributed by atoms with Crippen LogP contribution in [0.3, 0.4) is 0 Å². The smallest absolute Gasteiger partial charge is 0.338 e. The summed E-state index contributed by atoms with van der Waals surface area (Å²) in [6, 6.07) is 11.5. The highest BCUT2D eigenvalue weighted by Crippen LogP contribution is 2.29. The van der Waals surface area contributed by atoms with Gasteiger partial charge in [0.25, 0.3) is 11.8 Å². The van der Waals surface area contributed by atoms with Gasteiger partial charge < -0.3 is 29.6 Å². The second-order valence-corrected chi connectivity index (χ2v) is 8.29. The number of amides is 2. The molecule has 0 spiro atoms. The van der Waals surface area contributed by atoms with E-state index in [1.807, 2.05) is 0 Å². The highest BCUT2D eigenvalue weighted by atomic mass is 16.5. The Morgan fingerprint density at radius 1 is 0.857 bits per heavy atom. The van der Waals surface area contributed by atoms with Crippen LogP contribution in [-0.2, 0) is 14.3 Å². The van der Waals surface area contributed by atoms with Gasteiger partial charge in [0, 0.05) is 6.54 Å². The molecule has 2 amide bonds. The summed E-state index contributed by atoms with van der Waals surface area (Å²) in [7, 11) is 2.94. The summed E-state index contributed by atoms with van der Waals surface area (Å²) in [5.41, 5.74) is 0.726. The third kappa shape index (κ3) is 7.91. The Hall–Kier alpha value is -3.75. The second-order valence-electron chi connectivity index (χ2n) is 8.29. The van der Waals surface area contributed by atoms with E-state index in [0.717, 1.165) is 12.8 Å². The molecular weight excluding hydrogens is 452 g/mol. The van der Waals surface area contributed by atoms with E-state index in [4.69, 9.17) is 18.9 Å². The molecule has 0 radical (unpaired) electrons. The first kappa shape index (κ1) is 25.9. The molecule has 0 atom stereocenters.